The van der Waals surface area contributed by atoms with E-state index in [9.17, 15) is 14.4 Å². The van der Waals surface area contributed by atoms with Gasteiger partial charge in [-0.3, -0.25) is 9.59 Å². The standard InChI is InChI=1S/C12H15N3O5/c16-10-6-2-1-3-15(8(6)5-13-10)11(17)9-4-7(12(18)19)14-20-9/h6,8-9H,1-5H2,(H,13,16)(H,18,19). The molecule has 0 saturated carbocycles. The first-order chi connectivity index (χ1) is 9.58. The lowest BCUT2D eigenvalue weighted by molar-refractivity contribution is -0.147. The van der Waals surface area contributed by atoms with Gasteiger partial charge in [-0.25, -0.2) is 4.79 Å². The third-order valence-electron chi connectivity index (χ3n) is 4.08. The Morgan fingerprint density at radius 1 is 1.45 bits per heavy atom. The number of carboxylic acids is 1. The maximum absolute atomic E-state index is 12.4. The summed E-state index contributed by atoms with van der Waals surface area (Å²) in [5, 5.41) is 15.0. The summed E-state index contributed by atoms with van der Waals surface area (Å²) in [7, 11) is 0. The number of carbonyl (C=O) groups excluding carboxylic acids is 2. The van der Waals surface area contributed by atoms with E-state index in [4.69, 9.17) is 9.94 Å². The Balaban J connectivity index is 1.69. The highest BCUT2D eigenvalue weighted by molar-refractivity contribution is 6.36. The molecule has 20 heavy (non-hydrogen) atoms. The van der Waals surface area contributed by atoms with E-state index in [0.29, 0.717) is 13.1 Å². The van der Waals surface area contributed by atoms with Crippen molar-refractivity contribution in [3.05, 3.63) is 0 Å². The van der Waals surface area contributed by atoms with Crippen molar-refractivity contribution in [1.82, 2.24) is 10.2 Å². The van der Waals surface area contributed by atoms with Crippen LogP contribution in [0.1, 0.15) is 19.3 Å². The van der Waals surface area contributed by atoms with E-state index in [-0.39, 0.29) is 35.9 Å². The van der Waals surface area contributed by atoms with Crippen molar-refractivity contribution in [3.63, 3.8) is 0 Å². The number of amides is 2. The Kier molecular flexibility index (Phi) is 3.07. The van der Waals surface area contributed by atoms with Crippen LogP contribution in [0.5, 0.6) is 0 Å². The molecular weight excluding hydrogens is 266 g/mol. The Labute approximate surface area is 114 Å². The SMILES string of the molecule is O=C(O)C1=NOC(C(=O)N2CCCC3C(=O)NCC32)C1. The lowest BCUT2D eigenvalue weighted by Gasteiger charge is -2.36. The third-order valence-corrected chi connectivity index (χ3v) is 4.08. The van der Waals surface area contributed by atoms with Crippen molar-refractivity contribution in [2.75, 3.05) is 13.1 Å². The van der Waals surface area contributed by atoms with E-state index >= 15 is 0 Å². The Hall–Kier alpha value is -2.12. The summed E-state index contributed by atoms with van der Waals surface area (Å²) < 4.78 is 0. The fourth-order valence-corrected chi connectivity index (χ4v) is 3.05. The summed E-state index contributed by atoms with van der Waals surface area (Å²) in [6, 6.07) is -0.152. The molecule has 0 aromatic rings. The topological polar surface area (TPSA) is 108 Å². The molecule has 3 atom stereocenters. The molecule has 3 unspecified atom stereocenters. The molecule has 0 radical (unpaired) electrons. The average molecular weight is 281 g/mol. The molecule has 2 amide bonds. The number of likely N-dealkylation sites (tertiary alicyclic amines) is 1. The molecule has 0 aliphatic carbocycles. The Morgan fingerprint density at radius 3 is 2.95 bits per heavy atom. The van der Waals surface area contributed by atoms with Crippen molar-refractivity contribution in [3.8, 4) is 0 Å². The molecule has 8 nitrogen and oxygen atoms in total. The van der Waals surface area contributed by atoms with Crippen molar-refractivity contribution in [2.24, 2.45) is 11.1 Å². The summed E-state index contributed by atoms with van der Waals surface area (Å²) in [6.07, 6.45) is 0.641. The van der Waals surface area contributed by atoms with Crippen molar-refractivity contribution < 1.29 is 24.3 Å². The van der Waals surface area contributed by atoms with Gasteiger partial charge in [0.1, 0.15) is 0 Å². The van der Waals surface area contributed by atoms with Gasteiger partial charge < -0.3 is 20.2 Å². The molecular formula is C12H15N3O5. The summed E-state index contributed by atoms with van der Waals surface area (Å²) in [6.45, 7) is 1.02. The zero-order chi connectivity index (χ0) is 14.3. The van der Waals surface area contributed by atoms with Crippen LogP contribution in [0.15, 0.2) is 5.16 Å². The van der Waals surface area contributed by atoms with Crippen LogP contribution in [-0.2, 0) is 19.2 Å². The zero-order valence-electron chi connectivity index (χ0n) is 10.7. The quantitative estimate of drug-likeness (QED) is 0.671. The number of hydrogen-bond donors (Lipinski definition) is 2. The van der Waals surface area contributed by atoms with Gasteiger partial charge in [-0.2, -0.15) is 0 Å². The van der Waals surface area contributed by atoms with Gasteiger partial charge in [0.05, 0.1) is 12.0 Å². The maximum Gasteiger partial charge on any atom is 0.353 e. The second kappa shape index (κ2) is 4.77. The van der Waals surface area contributed by atoms with Gasteiger partial charge in [-0.15, -0.1) is 0 Å². The van der Waals surface area contributed by atoms with Gasteiger partial charge in [0.15, 0.2) is 5.71 Å². The fourth-order valence-electron chi connectivity index (χ4n) is 3.05. The number of rotatable bonds is 2. The van der Waals surface area contributed by atoms with E-state index in [1.807, 2.05) is 0 Å². The molecule has 2 fully saturated rings. The first-order valence-corrected chi connectivity index (χ1v) is 6.62. The highest BCUT2D eigenvalue weighted by atomic mass is 16.6. The molecule has 3 aliphatic rings. The van der Waals surface area contributed by atoms with Crippen LogP contribution in [0.25, 0.3) is 0 Å². The minimum Gasteiger partial charge on any atom is -0.477 e. The lowest BCUT2D eigenvalue weighted by atomic mass is 9.91. The highest BCUT2D eigenvalue weighted by Crippen LogP contribution is 2.29. The number of nitrogens with one attached hydrogen (secondary N) is 1. The third kappa shape index (κ3) is 2.00. The van der Waals surface area contributed by atoms with Gasteiger partial charge in [0.25, 0.3) is 5.91 Å². The van der Waals surface area contributed by atoms with E-state index in [0.717, 1.165) is 12.8 Å². The molecule has 8 heteroatoms. The first-order valence-electron chi connectivity index (χ1n) is 6.62. The van der Waals surface area contributed by atoms with Gasteiger partial charge >= 0.3 is 5.97 Å². The van der Waals surface area contributed by atoms with Gasteiger partial charge in [0, 0.05) is 19.5 Å². The minimum atomic E-state index is -1.17. The zero-order valence-corrected chi connectivity index (χ0v) is 10.7. The van der Waals surface area contributed by atoms with Crippen LogP contribution >= 0.6 is 0 Å². The summed E-state index contributed by atoms with van der Waals surface area (Å²) in [4.78, 5) is 41.4. The summed E-state index contributed by atoms with van der Waals surface area (Å²) >= 11 is 0. The summed E-state index contributed by atoms with van der Waals surface area (Å²) in [5.41, 5.74) is -0.141. The van der Waals surface area contributed by atoms with E-state index in [1.54, 1.807) is 4.90 Å². The number of piperidine rings is 1. The molecule has 3 rings (SSSR count). The number of fused-ring (bicyclic) bond motifs is 1. The molecule has 108 valence electrons. The number of carbonyl (C=O) groups is 3. The van der Waals surface area contributed by atoms with E-state index < -0.39 is 12.1 Å². The van der Waals surface area contributed by atoms with Crippen molar-refractivity contribution in [2.45, 2.75) is 31.4 Å². The smallest absolute Gasteiger partial charge is 0.353 e. The molecule has 2 saturated heterocycles. The predicted octanol–water partition coefficient (Wildman–Crippen LogP) is -1.05. The molecule has 0 aromatic carbocycles. The normalized spacial score (nSPS) is 32.2. The maximum atomic E-state index is 12.4. The Morgan fingerprint density at radius 2 is 2.25 bits per heavy atom. The van der Waals surface area contributed by atoms with Crippen LogP contribution in [0, 0.1) is 5.92 Å². The van der Waals surface area contributed by atoms with Crippen molar-refractivity contribution in [1.29, 1.82) is 0 Å². The van der Waals surface area contributed by atoms with Crippen molar-refractivity contribution >= 4 is 23.5 Å². The Bertz CT molecular complexity index is 503. The lowest BCUT2D eigenvalue weighted by Crippen LogP contribution is -2.52. The number of carboxylic acid groups (broad SMARTS) is 1. The largest absolute Gasteiger partial charge is 0.477 e. The summed E-state index contributed by atoms with van der Waals surface area (Å²) in [5.74, 6) is -1.62. The van der Waals surface area contributed by atoms with Gasteiger partial charge in [-0.05, 0) is 12.8 Å². The second-order valence-electron chi connectivity index (χ2n) is 5.23. The number of aliphatic carboxylic acids is 1. The molecule has 3 aliphatic heterocycles. The minimum absolute atomic E-state index is 0.0117. The predicted molar refractivity (Wildman–Crippen MR) is 65.8 cm³/mol. The van der Waals surface area contributed by atoms with Gasteiger partial charge in [-0.1, -0.05) is 5.16 Å². The van der Waals surface area contributed by atoms with E-state index in [1.165, 1.54) is 0 Å². The average Bonchev–Trinajstić information content (AvgIpc) is 3.05. The molecule has 0 aromatic heterocycles. The van der Waals surface area contributed by atoms with Crippen LogP contribution in [0.4, 0.5) is 0 Å². The van der Waals surface area contributed by atoms with E-state index in [2.05, 4.69) is 10.5 Å². The first kappa shape index (κ1) is 12.9. The molecule has 2 N–H and O–H groups in total. The molecule has 0 spiro atoms. The molecule has 0 bridgehead atoms. The fraction of sp³-hybridized carbons (Fsp3) is 0.667. The van der Waals surface area contributed by atoms with Crippen LogP contribution in [0.2, 0.25) is 0 Å². The highest BCUT2D eigenvalue weighted by Gasteiger charge is 2.45. The molecule has 3 heterocycles. The second-order valence-corrected chi connectivity index (χ2v) is 5.23. The monoisotopic (exact) mass is 281 g/mol. The van der Waals surface area contributed by atoms with Crippen LogP contribution < -0.4 is 5.32 Å². The van der Waals surface area contributed by atoms with Crippen LogP contribution in [-0.4, -0.2) is 58.7 Å². The number of oxime groups is 1. The van der Waals surface area contributed by atoms with Crippen LogP contribution in [0.3, 0.4) is 0 Å². The van der Waals surface area contributed by atoms with Gasteiger partial charge in [0.2, 0.25) is 12.0 Å². The number of nitrogens with zero attached hydrogens (tertiary/aromatic N) is 2. The number of hydrogen-bond acceptors (Lipinski definition) is 5.